The van der Waals surface area contributed by atoms with Gasteiger partial charge in [-0.05, 0) is 47.6 Å². The lowest BCUT2D eigenvalue weighted by Crippen LogP contribution is -2.42. The highest BCUT2D eigenvalue weighted by Crippen LogP contribution is 2.28. The molecule has 0 aliphatic carbocycles. The van der Waals surface area contributed by atoms with E-state index in [4.69, 9.17) is 16.3 Å². The Labute approximate surface area is 138 Å². The second kappa shape index (κ2) is 7.47. The third-order valence-corrected chi connectivity index (χ3v) is 4.91. The summed E-state index contributed by atoms with van der Waals surface area (Å²) in [6, 6.07) is 3.29. The minimum atomic E-state index is -0.879. The summed E-state index contributed by atoms with van der Waals surface area (Å²) < 4.78 is 6.02. The Morgan fingerprint density at radius 1 is 1.45 bits per heavy atom. The van der Waals surface area contributed by atoms with Gasteiger partial charge in [0.15, 0.2) is 0 Å². The summed E-state index contributed by atoms with van der Waals surface area (Å²) in [5.41, 5.74) is -0.511. The quantitative estimate of drug-likeness (QED) is 0.707. The second-order valence-electron chi connectivity index (χ2n) is 4.58. The molecule has 0 unspecified atom stereocenters. The Bertz CT molecular complexity index is 490. The van der Waals surface area contributed by atoms with Gasteiger partial charge in [0.25, 0.3) is 5.91 Å². The smallest absolute Gasteiger partial charge is 0.255 e. The number of rotatable bonds is 6. The Kier molecular flexibility index (Phi) is 6.54. The molecule has 4 nitrogen and oxygen atoms in total. The molecule has 0 spiro atoms. The van der Waals surface area contributed by atoms with E-state index in [1.165, 1.54) is 7.11 Å². The maximum absolute atomic E-state index is 12.2. The molecule has 0 heterocycles. The van der Waals surface area contributed by atoms with E-state index in [0.29, 0.717) is 29.2 Å². The SMILES string of the molecule is CCC(O)(CC)CNC(=O)c1cc(Cl)c(I)cc1OC. The molecule has 1 amide bonds. The number of carbonyl (C=O) groups is 1. The standard InChI is InChI=1S/C14H19ClINO3/c1-4-14(19,5-2)8-17-13(18)9-6-10(15)11(16)7-12(9)20-3/h6-7,19H,4-5,8H2,1-3H3,(H,17,18). The van der Waals surface area contributed by atoms with Crippen LogP contribution in [0.25, 0.3) is 0 Å². The van der Waals surface area contributed by atoms with Crippen LogP contribution in [0.5, 0.6) is 5.75 Å². The fourth-order valence-electron chi connectivity index (χ4n) is 1.71. The van der Waals surface area contributed by atoms with Crippen LogP contribution in [0.15, 0.2) is 12.1 Å². The average Bonchev–Trinajstić information content (AvgIpc) is 2.46. The molecule has 0 atom stereocenters. The highest BCUT2D eigenvalue weighted by Gasteiger charge is 2.24. The molecular formula is C14H19ClINO3. The predicted octanol–water partition coefficient (Wildman–Crippen LogP) is 3.23. The van der Waals surface area contributed by atoms with Crippen LogP contribution in [0, 0.1) is 3.57 Å². The molecule has 1 aromatic carbocycles. The van der Waals surface area contributed by atoms with Crippen LogP contribution in [-0.2, 0) is 0 Å². The number of methoxy groups -OCH3 is 1. The maximum atomic E-state index is 12.2. The summed E-state index contributed by atoms with van der Waals surface area (Å²) in [7, 11) is 1.50. The predicted molar refractivity (Wildman–Crippen MR) is 88.6 cm³/mol. The minimum Gasteiger partial charge on any atom is -0.496 e. The lowest BCUT2D eigenvalue weighted by atomic mass is 9.97. The zero-order chi connectivity index (χ0) is 15.3. The fraction of sp³-hybridized carbons (Fsp3) is 0.500. The first kappa shape index (κ1) is 17.5. The van der Waals surface area contributed by atoms with Crippen LogP contribution in [0.1, 0.15) is 37.0 Å². The van der Waals surface area contributed by atoms with Gasteiger partial charge < -0.3 is 15.2 Å². The number of nitrogens with one attached hydrogen (secondary N) is 1. The van der Waals surface area contributed by atoms with E-state index in [1.54, 1.807) is 12.1 Å². The van der Waals surface area contributed by atoms with Gasteiger partial charge in [0, 0.05) is 10.1 Å². The zero-order valence-corrected chi connectivity index (χ0v) is 14.7. The second-order valence-corrected chi connectivity index (χ2v) is 6.15. The Morgan fingerprint density at radius 3 is 2.55 bits per heavy atom. The average molecular weight is 412 g/mol. The normalized spacial score (nSPS) is 11.3. The van der Waals surface area contributed by atoms with Gasteiger partial charge >= 0.3 is 0 Å². The molecule has 0 aliphatic heterocycles. The number of hydrogen-bond acceptors (Lipinski definition) is 3. The molecule has 0 fully saturated rings. The number of halogens is 2. The number of amides is 1. The first-order chi connectivity index (χ1) is 9.36. The highest BCUT2D eigenvalue weighted by atomic mass is 127. The number of aliphatic hydroxyl groups is 1. The minimum absolute atomic E-state index is 0.200. The summed E-state index contributed by atoms with van der Waals surface area (Å²) in [4.78, 5) is 12.2. The third kappa shape index (κ3) is 4.23. The fourth-order valence-corrected chi connectivity index (χ4v) is 2.32. The molecule has 6 heteroatoms. The summed E-state index contributed by atoms with van der Waals surface area (Å²) in [5.74, 6) is 0.160. The van der Waals surface area contributed by atoms with E-state index >= 15 is 0 Å². The highest BCUT2D eigenvalue weighted by molar-refractivity contribution is 14.1. The van der Waals surface area contributed by atoms with Gasteiger partial charge in [0.1, 0.15) is 5.75 Å². The van der Waals surface area contributed by atoms with Crippen molar-refractivity contribution in [3.63, 3.8) is 0 Å². The molecule has 1 aromatic rings. The molecular weight excluding hydrogens is 393 g/mol. The number of benzene rings is 1. The topological polar surface area (TPSA) is 58.6 Å². The molecule has 0 aliphatic rings. The summed E-state index contributed by atoms with van der Waals surface area (Å²) >= 11 is 8.11. The lowest BCUT2D eigenvalue weighted by Gasteiger charge is -2.25. The Balaban J connectivity index is 2.90. The molecule has 0 aromatic heterocycles. The molecule has 0 bridgehead atoms. The zero-order valence-electron chi connectivity index (χ0n) is 11.8. The van der Waals surface area contributed by atoms with Crippen LogP contribution in [0.3, 0.4) is 0 Å². The van der Waals surface area contributed by atoms with Crippen molar-refractivity contribution in [3.8, 4) is 5.75 Å². The van der Waals surface area contributed by atoms with Gasteiger partial charge in [-0.25, -0.2) is 0 Å². The van der Waals surface area contributed by atoms with Crippen molar-refractivity contribution in [2.24, 2.45) is 0 Å². The van der Waals surface area contributed by atoms with E-state index in [1.807, 2.05) is 13.8 Å². The van der Waals surface area contributed by atoms with Gasteiger partial charge in [-0.15, -0.1) is 0 Å². The van der Waals surface area contributed by atoms with E-state index in [-0.39, 0.29) is 12.5 Å². The van der Waals surface area contributed by atoms with Gasteiger partial charge in [-0.3, -0.25) is 4.79 Å². The molecule has 0 saturated carbocycles. The number of carbonyl (C=O) groups excluding carboxylic acids is 1. The third-order valence-electron chi connectivity index (χ3n) is 3.38. The van der Waals surface area contributed by atoms with Crippen molar-refractivity contribution in [2.45, 2.75) is 32.3 Å². The van der Waals surface area contributed by atoms with E-state index in [0.717, 1.165) is 3.57 Å². The van der Waals surface area contributed by atoms with Gasteiger partial charge in [0.2, 0.25) is 0 Å². The monoisotopic (exact) mass is 411 g/mol. The van der Waals surface area contributed by atoms with Crippen LogP contribution in [0.2, 0.25) is 5.02 Å². The molecule has 1 rings (SSSR count). The van der Waals surface area contributed by atoms with Gasteiger partial charge in [-0.2, -0.15) is 0 Å². The van der Waals surface area contributed by atoms with Crippen molar-refractivity contribution in [1.29, 1.82) is 0 Å². The lowest BCUT2D eigenvalue weighted by molar-refractivity contribution is 0.0313. The maximum Gasteiger partial charge on any atom is 0.255 e. The summed E-state index contributed by atoms with van der Waals surface area (Å²) in [5, 5.41) is 13.4. The largest absolute Gasteiger partial charge is 0.496 e. The molecule has 2 N–H and O–H groups in total. The van der Waals surface area contributed by atoms with E-state index in [2.05, 4.69) is 27.9 Å². The van der Waals surface area contributed by atoms with E-state index in [9.17, 15) is 9.90 Å². The molecule has 20 heavy (non-hydrogen) atoms. The van der Waals surface area contributed by atoms with E-state index < -0.39 is 5.60 Å². The van der Waals surface area contributed by atoms with Crippen molar-refractivity contribution in [3.05, 3.63) is 26.3 Å². The van der Waals surface area contributed by atoms with Crippen molar-refractivity contribution in [1.82, 2.24) is 5.32 Å². The van der Waals surface area contributed by atoms with Crippen LogP contribution in [0.4, 0.5) is 0 Å². The Hall–Kier alpha value is -0.530. The van der Waals surface area contributed by atoms with Crippen molar-refractivity contribution >= 4 is 40.1 Å². The first-order valence-corrected chi connectivity index (χ1v) is 7.86. The first-order valence-electron chi connectivity index (χ1n) is 6.40. The number of ether oxygens (including phenoxy) is 1. The Morgan fingerprint density at radius 2 is 2.05 bits per heavy atom. The molecule has 112 valence electrons. The molecule has 0 radical (unpaired) electrons. The van der Waals surface area contributed by atoms with Crippen LogP contribution >= 0.6 is 34.2 Å². The summed E-state index contributed by atoms with van der Waals surface area (Å²) in [6.45, 7) is 3.97. The van der Waals surface area contributed by atoms with Crippen molar-refractivity contribution < 1.29 is 14.6 Å². The van der Waals surface area contributed by atoms with Gasteiger partial charge in [-0.1, -0.05) is 25.4 Å². The number of hydrogen-bond donors (Lipinski definition) is 2. The molecule has 0 saturated heterocycles. The summed E-state index contributed by atoms with van der Waals surface area (Å²) in [6.07, 6.45) is 1.16. The van der Waals surface area contributed by atoms with Crippen LogP contribution in [-0.4, -0.2) is 30.3 Å². The van der Waals surface area contributed by atoms with Gasteiger partial charge in [0.05, 0.1) is 23.3 Å². The van der Waals surface area contributed by atoms with Crippen LogP contribution < -0.4 is 10.1 Å². The van der Waals surface area contributed by atoms with Crippen molar-refractivity contribution in [2.75, 3.05) is 13.7 Å².